The SMILES string of the molecule is COCc1nsc(N2CCN(c3cncc(-c4cnn(C)c4)n3)CC2)n1. The van der Waals surface area contributed by atoms with Crippen molar-refractivity contribution < 1.29 is 4.74 Å². The quantitative estimate of drug-likeness (QED) is 0.661. The van der Waals surface area contributed by atoms with Crippen molar-refractivity contribution >= 4 is 22.5 Å². The predicted octanol–water partition coefficient (Wildman–Crippen LogP) is 1.20. The standard InChI is InChI=1S/C16H20N8OS/c1-22-10-12(7-18-22)13-8-17-9-15(19-13)23-3-5-24(6-4-23)16-20-14(11-25-2)21-26-16/h7-10H,3-6,11H2,1-2H3. The van der Waals surface area contributed by atoms with Crippen LogP contribution in [-0.2, 0) is 18.4 Å². The van der Waals surface area contributed by atoms with Crippen molar-refractivity contribution in [3.8, 4) is 11.3 Å². The lowest BCUT2D eigenvalue weighted by atomic mass is 10.2. The minimum absolute atomic E-state index is 0.452. The van der Waals surface area contributed by atoms with Gasteiger partial charge in [0, 0.05) is 63.6 Å². The van der Waals surface area contributed by atoms with Gasteiger partial charge in [0.05, 0.1) is 24.3 Å². The van der Waals surface area contributed by atoms with Crippen LogP contribution in [0.3, 0.4) is 0 Å². The van der Waals surface area contributed by atoms with Gasteiger partial charge in [-0.1, -0.05) is 0 Å². The number of methoxy groups -OCH3 is 1. The molecule has 1 aliphatic heterocycles. The summed E-state index contributed by atoms with van der Waals surface area (Å²) < 4.78 is 11.2. The lowest BCUT2D eigenvalue weighted by molar-refractivity contribution is 0.179. The van der Waals surface area contributed by atoms with Gasteiger partial charge in [-0.25, -0.2) is 9.97 Å². The highest BCUT2D eigenvalue weighted by Crippen LogP contribution is 2.23. The molecule has 0 aliphatic carbocycles. The fraction of sp³-hybridized carbons (Fsp3) is 0.438. The van der Waals surface area contributed by atoms with E-state index in [1.807, 2.05) is 19.4 Å². The summed E-state index contributed by atoms with van der Waals surface area (Å²) in [7, 11) is 3.55. The molecule has 1 fully saturated rings. The zero-order valence-corrected chi connectivity index (χ0v) is 15.6. The highest BCUT2D eigenvalue weighted by molar-refractivity contribution is 7.09. The van der Waals surface area contributed by atoms with Gasteiger partial charge in [-0.05, 0) is 0 Å². The molecule has 9 nitrogen and oxygen atoms in total. The van der Waals surface area contributed by atoms with E-state index in [0.29, 0.717) is 6.61 Å². The molecule has 0 aromatic carbocycles. The minimum Gasteiger partial charge on any atom is -0.377 e. The Labute approximate surface area is 155 Å². The number of anilines is 2. The number of aryl methyl sites for hydroxylation is 1. The molecule has 1 aliphatic rings. The van der Waals surface area contributed by atoms with E-state index in [1.165, 1.54) is 11.5 Å². The van der Waals surface area contributed by atoms with Crippen LogP contribution in [-0.4, -0.2) is 62.4 Å². The van der Waals surface area contributed by atoms with Crippen LogP contribution in [0.25, 0.3) is 11.3 Å². The fourth-order valence-corrected chi connectivity index (χ4v) is 3.61. The van der Waals surface area contributed by atoms with E-state index in [9.17, 15) is 0 Å². The Morgan fingerprint density at radius 2 is 1.88 bits per heavy atom. The highest BCUT2D eigenvalue weighted by Gasteiger charge is 2.21. The van der Waals surface area contributed by atoms with Crippen molar-refractivity contribution in [1.82, 2.24) is 29.1 Å². The third kappa shape index (κ3) is 3.51. The summed E-state index contributed by atoms with van der Waals surface area (Å²) >= 11 is 1.42. The summed E-state index contributed by atoms with van der Waals surface area (Å²) in [5.74, 6) is 1.63. The number of ether oxygens (including phenoxy) is 1. The summed E-state index contributed by atoms with van der Waals surface area (Å²) in [6.07, 6.45) is 7.34. The molecule has 0 bridgehead atoms. The first-order valence-corrected chi connectivity index (χ1v) is 9.13. The van der Waals surface area contributed by atoms with Gasteiger partial charge in [-0.2, -0.15) is 9.47 Å². The van der Waals surface area contributed by atoms with Gasteiger partial charge in [0.25, 0.3) is 0 Å². The van der Waals surface area contributed by atoms with Gasteiger partial charge in [0.15, 0.2) is 5.82 Å². The van der Waals surface area contributed by atoms with Gasteiger partial charge in [0.1, 0.15) is 12.4 Å². The van der Waals surface area contributed by atoms with Crippen LogP contribution in [0.5, 0.6) is 0 Å². The normalized spacial score (nSPS) is 14.8. The van der Waals surface area contributed by atoms with Crippen LogP contribution >= 0.6 is 11.5 Å². The van der Waals surface area contributed by atoms with Crippen LogP contribution in [0.2, 0.25) is 0 Å². The first-order chi connectivity index (χ1) is 12.7. The van der Waals surface area contributed by atoms with Crippen LogP contribution in [0.4, 0.5) is 10.9 Å². The first-order valence-electron chi connectivity index (χ1n) is 8.35. The second kappa shape index (κ2) is 7.34. The Bertz CT molecular complexity index is 871. The molecule has 0 N–H and O–H groups in total. The van der Waals surface area contributed by atoms with Crippen molar-refractivity contribution in [3.63, 3.8) is 0 Å². The average molecular weight is 372 g/mol. The molecule has 0 amide bonds. The molecule has 0 radical (unpaired) electrons. The van der Waals surface area contributed by atoms with Gasteiger partial charge in [0.2, 0.25) is 5.13 Å². The molecule has 0 spiro atoms. The van der Waals surface area contributed by atoms with Crippen LogP contribution < -0.4 is 9.80 Å². The Kier molecular flexibility index (Phi) is 4.76. The minimum atomic E-state index is 0.452. The number of hydrogen-bond donors (Lipinski definition) is 0. The zero-order chi connectivity index (χ0) is 17.9. The molecule has 3 aromatic heterocycles. The summed E-state index contributed by atoms with van der Waals surface area (Å²) in [5.41, 5.74) is 1.81. The third-order valence-corrected chi connectivity index (χ3v) is 5.04. The number of rotatable bonds is 5. The molecule has 4 rings (SSSR count). The third-order valence-electron chi connectivity index (χ3n) is 4.23. The first kappa shape index (κ1) is 16.9. The highest BCUT2D eigenvalue weighted by atomic mass is 32.1. The molecule has 4 heterocycles. The van der Waals surface area contributed by atoms with Crippen LogP contribution in [0.1, 0.15) is 5.82 Å². The summed E-state index contributed by atoms with van der Waals surface area (Å²) in [6, 6.07) is 0. The smallest absolute Gasteiger partial charge is 0.205 e. The lowest BCUT2D eigenvalue weighted by Gasteiger charge is -2.34. The molecule has 0 saturated carbocycles. The van der Waals surface area contributed by atoms with E-state index in [0.717, 1.165) is 54.2 Å². The van der Waals surface area contributed by atoms with Crippen molar-refractivity contribution in [3.05, 3.63) is 30.6 Å². The number of piperazine rings is 1. The fourth-order valence-electron chi connectivity index (χ4n) is 2.89. The van der Waals surface area contributed by atoms with E-state index < -0.39 is 0 Å². The number of nitrogens with zero attached hydrogens (tertiary/aromatic N) is 8. The zero-order valence-electron chi connectivity index (χ0n) is 14.7. The maximum absolute atomic E-state index is 5.09. The number of aromatic nitrogens is 6. The largest absolute Gasteiger partial charge is 0.377 e. The molecule has 1 saturated heterocycles. The van der Waals surface area contributed by atoms with Crippen molar-refractivity contribution in [2.24, 2.45) is 7.05 Å². The van der Waals surface area contributed by atoms with Gasteiger partial charge >= 0.3 is 0 Å². The molecule has 10 heteroatoms. The van der Waals surface area contributed by atoms with E-state index in [-0.39, 0.29) is 0 Å². The van der Waals surface area contributed by atoms with E-state index >= 15 is 0 Å². The average Bonchev–Trinajstić information content (AvgIpc) is 3.32. The molecule has 0 atom stereocenters. The monoisotopic (exact) mass is 372 g/mol. The second-order valence-electron chi connectivity index (χ2n) is 6.07. The van der Waals surface area contributed by atoms with Crippen molar-refractivity contribution in [2.45, 2.75) is 6.61 Å². The van der Waals surface area contributed by atoms with E-state index in [4.69, 9.17) is 9.72 Å². The topological polar surface area (TPSA) is 85.1 Å². The van der Waals surface area contributed by atoms with Gasteiger partial charge < -0.3 is 14.5 Å². The van der Waals surface area contributed by atoms with Crippen molar-refractivity contribution in [1.29, 1.82) is 0 Å². The Balaban J connectivity index is 1.43. The Morgan fingerprint density at radius 3 is 2.62 bits per heavy atom. The molecular weight excluding hydrogens is 352 g/mol. The van der Waals surface area contributed by atoms with Crippen molar-refractivity contribution in [2.75, 3.05) is 43.1 Å². The predicted molar refractivity (Wildman–Crippen MR) is 99.3 cm³/mol. The maximum Gasteiger partial charge on any atom is 0.205 e. The maximum atomic E-state index is 5.09. The van der Waals surface area contributed by atoms with Crippen LogP contribution in [0, 0.1) is 0 Å². The molecule has 26 heavy (non-hydrogen) atoms. The summed E-state index contributed by atoms with van der Waals surface area (Å²) in [6.45, 7) is 3.93. The lowest BCUT2D eigenvalue weighted by Crippen LogP contribution is -2.46. The van der Waals surface area contributed by atoms with E-state index in [1.54, 1.807) is 24.2 Å². The molecular formula is C16H20N8OS. The number of hydrogen-bond acceptors (Lipinski definition) is 9. The Morgan fingerprint density at radius 1 is 1.08 bits per heavy atom. The molecule has 136 valence electrons. The summed E-state index contributed by atoms with van der Waals surface area (Å²) in [4.78, 5) is 18.1. The Hall–Kier alpha value is -2.59. The molecule has 0 unspecified atom stereocenters. The van der Waals surface area contributed by atoms with Gasteiger partial charge in [-0.15, -0.1) is 0 Å². The molecule has 3 aromatic rings. The second-order valence-corrected chi connectivity index (χ2v) is 6.80. The summed E-state index contributed by atoms with van der Waals surface area (Å²) in [5, 5.41) is 5.15. The van der Waals surface area contributed by atoms with Gasteiger partial charge in [-0.3, -0.25) is 9.67 Å². The van der Waals surface area contributed by atoms with E-state index in [2.05, 4.69) is 29.2 Å². The van der Waals surface area contributed by atoms with Crippen LogP contribution in [0.15, 0.2) is 24.8 Å².